The van der Waals surface area contributed by atoms with Gasteiger partial charge in [0.2, 0.25) is 0 Å². The van der Waals surface area contributed by atoms with E-state index in [4.69, 9.17) is 14.2 Å². The van der Waals surface area contributed by atoms with Gasteiger partial charge in [-0.2, -0.15) is 0 Å². The zero-order chi connectivity index (χ0) is 19.2. The Morgan fingerprint density at radius 1 is 0.964 bits per heavy atom. The molecule has 0 aliphatic rings. The fraction of sp³-hybridized carbons (Fsp3) is 0.250. The summed E-state index contributed by atoms with van der Waals surface area (Å²) in [6.45, 7) is 2.19. The van der Waals surface area contributed by atoms with Crippen LogP contribution in [0.2, 0.25) is 0 Å². The minimum atomic E-state index is 0.497. The Hall–Kier alpha value is -3.23. The smallest absolute Gasteiger partial charge is 0.140 e. The van der Waals surface area contributed by atoms with Crippen molar-refractivity contribution in [1.29, 1.82) is 0 Å². The van der Waals surface area contributed by atoms with Crippen LogP contribution in [0.1, 0.15) is 0 Å². The van der Waals surface area contributed by atoms with Crippen molar-refractivity contribution in [2.75, 3.05) is 33.5 Å². The Morgan fingerprint density at radius 2 is 1.82 bits per heavy atom. The van der Waals surface area contributed by atoms with E-state index in [0.29, 0.717) is 26.4 Å². The second-order valence-corrected chi connectivity index (χ2v) is 6.06. The third-order valence-electron chi connectivity index (χ3n) is 4.23. The molecule has 0 fully saturated rings. The van der Waals surface area contributed by atoms with Crippen LogP contribution in [0.25, 0.3) is 22.5 Å². The van der Waals surface area contributed by atoms with E-state index in [2.05, 4.69) is 15.0 Å². The van der Waals surface area contributed by atoms with Gasteiger partial charge >= 0.3 is 0 Å². The van der Waals surface area contributed by atoms with Crippen molar-refractivity contribution >= 4 is 11.0 Å². The molecule has 0 unspecified atom stereocenters. The monoisotopic (exact) mass is 379 g/mol. The van der Waals surface area contributed by atoms with Crippen LogP contribution >= 0.6 is 0 Å². The maximum Gasteiger partial charge on any atom is 0.140 e. The molecule has 4 rings (SSSR count). The lowest BCUT2D eigenvalue weighted by atomic mass is 10.3. The molecule has 8 heteroatoms. The van der Waals surface area contributed by atoms with Crippen molar-refractivity contribution in [3.05, 3.63) is 61.6 Å². The van der Waals surface area contributed by atoms with E-state index in [1.54, 1.807) is 32.2 Å². The van der Waals surface area contributed by atoms with Crippen LogP contribution in [0, 0.1) is 0 Å². The van der Waals surface area contributed by atoms with Gasteiger partial charge in [-0.1, -0.05) is 0 Å². The van der Waals surface area contributed by atoms with Gasteiger partial charge in [0.05, 0.1) is 31.5 Å². The molecule has 1 aromatic carbocycles. The molecule has 0 saturated heterocycles. The molecule has 0 bridgehead atoms. The number of methoxy groups -OCH3 is 1. The molecule has 0 saturated carbocycles. The zero-order valence-corrected chi connectivity index (χ0v) is 15.6. The number of imidazole rings is 2. The van der Waals surface area contributed by atoms with E-state index in [0.717, 1.165) is 28.3 Å². The summed E-state index contributed by atoms with van der Waals surface area (Å²) >= 11 is 0. The molecular formula is C20H21N5O3. The Bertz CT molecular complexity index is 1010. The van der Waals surface area contributed by atoms with E-state index < -0.39 is 0 Å². The highest BCUT2D eigenvalue weighted by Gasteiger charge is 2.08. The molecule has 0 radical (unpaired) electrons. The highest BCUT2D eigenvalue weighted by molar-refractivity contribution is 5.78. The van der Waals surface area contributed by atoms with Gasteiger partial charge in [0.1, 0.15) is 36.3 Å². The summed E-state index contributed by atoms with van der Waals surface area (Å²) in [6.07, 6.45) is 8.87. The molecule has 0 aliphatic carbocycles. The summed E-state index contributed by atoms with van der Waals surface area (Å²) in [5.74, 6) is 1.59. The van der Waals surface area contributed by atoms with Crippen LogP contribution in [0.5, 0.6) is 5.75 Å². The van der Waals surface area contributed by atoms with Crippen LogP contribution in [-0.4, -0.2) is 57.6 Å². The van der Waals surface area contributed by atoms with Gasteiger partial charge in [-0.05, 0) is 24.3 Å². The van der Waals surface area contributed by atoms with Gasteiger partial charge < -0.3 is 14.2 Å². The zero-order valence-electron chi connectivity index (χ0n) is 15.6. The Labute approximate surface area is 162 Å². The fourth-order valence-corrected chi connectivity index (χ4v) is 2.81. The Kier molecular flexibility index (Phi) is 5.60. The molecule has 0 amide bonds. The molecular weight excluding hydrogens is 358 g/mol. The lowest BCUT2D eigenvalue weighted by molar-refractivity contribution is 0.0544. The number of nitrogens with zero attached hydrogens (tertiary/aromatic N) is 5. The number of ether oxygens (including phenoxy) is 3. The quantitative estimate of drug-likeness (QED) is 0.416. The topological polar surface area (TPSA) is 76.2 Å². The average molecular weight is 379 g/mol. The molecule has 8 nitrogen and oxygen atoms in total. The number of hydrogen-bond acceptors (Lipinski definition) is 6. The standard InChI is InChI=1S/C20H21N5O3/c1-26-8-9-27-10-11-28-17-4-2-16(3-5-17)25-15-23-18-13-22-20(12-19(18)25)24-7-6-21-14-24/h2-7,12-15H,8-11H2,1H3. The minimum absolute atomic E-state index is 0.497. The first-order chi connectivity index (χ1) is 13.8. The molecule has 4 aromatic rings. The molecule has 0 spiro atoms. The van der Waals surface area contributed by atoms with Crippen LogP contribution in [0.15, 0.2) is 61.6 Å². The third-order valence-corrected chi connectivity index (χ3v) is 4.23. The van der Waals surface area contributed by atoms with Crippen molar-refractivity contribution < 1.29 is 14.2 Å². The number of fused-ring (bicyclic) bond motifs is 1. The van der Waals surface area contributed by atoms with Gasteiger partial charge in [0.25, 0.3) is 0 Å². The summed E-state index contributed by atoms with van der Waals surface area (Å²) in [5.41, 5.74) is 2.80. The van der Waals surface area contributed by atoms with E-state index in [9.17, 15) is 0 Å². The van der Waals surface area contributed by atoms with E-state index >= 15 is 0 Å². The maximum atomic E-state index is 5.70. The van der Waals surface area contributed by atoms with Crippen molar-refractivity contribution in [2.24, 2.45) is 0 Å². The van der Waals surface area contributed by atoms with E-state index in [-0.39, 0.29) is 0 Å². The van der Waals surface area contributed by atoms with E-state index in [1.165, 1.54) is 0 Å². The maximum absolute atomic E-state index is 5.70. The predicted molar refractivity (Wildman–Crippen MR) is 104 cm³/mol. The number of benzene rings is 1. The second kappa shape index (κ2) is 8.64. The summed E-state index contributed by atoms with van der Waals surface area (Å²) < 4.78 is 19.9. The normalized spacial score (nSPS) is 11.2. The van der Waals surface area contributed by atoms with Gasteiger partial charge in [-0.25, -0.2) is 15.0 Å². The first-order valence-electron chi connectivity index (χ1n) is 8.96. The summed E-state index contributed by atoms with van der Waals surface area (Å²) in [5, 5.41) is 0. The minimum Gasteiger partial charge on any atom is -0.491 e. The highest BCUT2D eigenvalue weighted by atomic mass is 16.5. The SMILES string of the molecule is COCCOCCOc1ccc(-n2cnc3cnc(-n4ccnc4)cc32)cc1. The van der Waals surface area contributed by atoms with Crippen molar-refractivity contribution in [3.8, 4) is 17.3 Å². The molecule has 0 aliphatic heterocycles. The fourth-order valence-electron chi connectivity index (χ4n) is 2.81. The second-order valence-electron chi connectivity index (χ2n) is 6.06. The predicted octanol–water partition coefficient (Wildman–Crippen LogP) is 2.65. The number of aromatic nitrogens is 5. The third kappa shape index (κ3) is 4.03. The highest BCUT2D eigenvalue weighted by Crippen LogP contribution is 2.21. The summed E-state index contributed by atoms with van der Waals surface area (Å²) in [6, 6.07) is 9.87. The van der Waals surface area contributed by atoms with Gasteiger partial charge in [0, 0.05) is 31.3 Å². The number of rotatable bonds is 9. The van der Waals surface area contributed by atoms with Crippen molar-refractivity contribution in [3.63, 3.8) is 0 Å². The van der Waals surface area contributed by atoms with Crippen molar-refractivity contribution in [1.82, 2.24) is 24.1 Å². The largest absolute Gasteiger partial charge is 0.491 e. The lowest BCUT2D eigenvalue weighted by Gasteiger charge is -2.09. The van der Waals surface area contributed by atoms with Crippen LogP contribution in [0.4, 0.5) is 0 Å². The van der Waals surface area contributed by atoms with Gasteiger partial charge in [0.15, 0.2) is 0 Å². The van der Waals surface area contributed by atoms with Gasteiger partial charge in [-0.3, -0.25) is 9.13 Å². The molecule has 144 valence electrons. The molecule has 28 heavy (non-hydrogen) atoms. The molecule has 3 heterocycles. The first kappa shape index (κ1) is 18.1. The molecule has 0 atom stereocenters. The molecule has 3 aromatic heterocycles. The summed E-state index contributed by atoms with van der Waals surface area (Å²) in [7, 11) is 1.65. The van der Waals surface area contributed by atoms with Crippen LogP contribution < -0.4 is 4.74 Å². The Balaban J connectivity index is 1.46. The summed E-state index contributed by atoms with van der Waals surface area (Å²) in [4.78, 5) is 13.0. The van der Waals surface area contributed by atoms with E-state index in [1.807, 2.05) is 45.7 Å². The van der Waals surface area contributed by atoms with Gasteiger partial charge in [-0.15, -0.1) is 0 Å². The van der Waals surface area contributed by atoms with Crippen LogP contribution in [-0.2, 0) is 9.47 Å². The number of hydrogen-bond donors (Lipinski definition) is 0. The Morgan fingerprint density at radius 3 is 2.61 bits per heavy atom. The van der Waals surface area contributed by atoms with Crippen molar-refractivity contribution in [2.45, 2.75) is 0 Å². The lowest BCUT2D eigenvalue weighted by Crippen LogP contribution is -2.10. The van der Waals surface area contributed by atoms with Crippen LogP contribution in [0.3, 0.4) is 0 Å². The molecule has 0 N–H and O–H groups in total. The first-order valence-corrected chi connectivity index (χ1v) is 8.96. The average Bonchev–Trinajstić information content (AvgIpc) is 3.40. The number of pyridine rings is 1.